The molecule has 0 radical (unpaired) electrons. The van der Waals surface area contributed by atoms with Crippen LogP contribution in [0.5, 0.6) is 0 Å². The highest BCUT2D eigenvalue weighted by Gasteiger charge is 2.08. The lowest BCUT2D eigenvalue weighted by molar-refractivity contribution is 0.0526. The molecule has 2 nitrogen and oxygen atoms in total. The molecule has 0 bridgehead atoms. The highest BCUT2D eigenvalue weighted by molar-refractivity contribution is 5.90. The van der Waals surface area contributed by atoms with Gasteiger partial charge in [-0.25, -0.2) is 4.79 Å². The van der Waals surface area contributed by atoms with E-state index in [1.54, 1.807) is 0 Å². The van der Waals surface area contributed by atoms with Crippen LogP contribution >= 0.6 is 0 Å². The molecule has 0 saturated carbocycles. The van der Waals surface area contributed by atoms with Gasteiger partial charge < -0.3 is 4.74 Å². The molecule has 2 aromatic rings. The Labute approximate surface area is 145 Å². The first-order chi connectivity index (χ1) is 11.7. The summed E-state index contributed by atoms with van der Waals surface area (Å²) in [6, 6.07) is 18.1. The Hall–Kier alpha value is -2.35. The first-order valence-corrected chi connectivity index (χ1v) is 8.77. The van der Waals surface area contributed by atoms with Crippen molar-refractivity contribution >= 4 is 17.6 Å². The van der Waals surface area contributed by atoms with Gasteiger partial charge in [-0.3, -0.25) is 0 Å². The highest BCUT2D eigenvalue weighted by Crippen LogP contribution is 2.25. The Morgan fingerprint density at radius 3 is 2.21 bits per heavy atom. The van der Waals surface area contributed by atoms with Crippen molar-refractivity contribution in [2.45, 2.75) is 39.5 Å². The molecule has 0 amide bonds. The predicted octanol–water partition coefficient (Wildman–Crippen LogP) is 5.98. The van der Waals surface area contributed by atoms with Crippen LogP contribution in [0.25, 0.3) is 11.6 Å². The van der Waals surface area contributed by atoms with Crippen LogP contribution in [0, 0.1) is 0 Å². The molecule has 0 spiro atoms. The van der Waals surface area contributed by atoms with E-state index >= 15 is 0 Å². The number of unbranched alkanes of at least 4 members (excludes halogenated alkanes) is 2. The lowest BCUT2D eigenvalue weighted by Gasteiger charge is -2.10. The van der Waals surface area contributed by atoms with Gasteiger partial charge in [0.1, 0.15) is 0 Å². The van der Waals surface area contributed by atoms with E-state index < -0.39 is 0 Å². The summed E-state index contributed by atoms with van der Waals surface area (Å²) >= 11 is 0. The zero-order valence-corrected chi connectivity index (χ0v) is 14.6. The van der Waals surface area contributed by atoms with Crippen LogP contribution < -0.4 is 0 Å². The number of ether oxygens (including phenoxy) is 1. The van der Waals surface area contributed by atoms with Gasteiger partial charge in [-0.15, -0.1) is 0 Å². The van der Waals surface area contributed by atoms with E-state index in [4.69, 9.17) is 4.74 Å². The minimum Gasteiger partial charge on any atom is -0.462 e. The Kier molecular flexibility index (Phi) is 7.28. The topological polar surface area (TPSA) is 26.3 Å². The van der Waals surface area contributed by atoms with Gasteiger partial charge in [0.25, 0.3) is 0 Å². The lowest BCUT2D eigenvalue weighted by atomic mass is 9.96. The second kappa shape index (κ2) is 9.71. The SMILES string of the molecule is CCCCC/C(=C/c1ccccc1)c1ccc(C(=O)OCC)cc1. The summed E-state index contributed by atoms with van der Waals surface area (Å²) in [5.74, 6) is -0.261. The minimum absolute atomic E-state index is 0.261. The molecule has 0 atom stereocenters. The highest BCUT2D eigenvalue weighted by atomic mass is 16.5. The van der Waals surface area contributed by atoms with E-state index in [1.807, 2.05) is 37.3 Å². The maximum atomic E-state index is 11.8. The van der Waals surface area contributed by atoms with Gasteiger partial charge in [0.05, 0.1) is 12.2 Å². The molecule has 0 aliphatic carbocycles. The largest absolute Gasteiger partial charge is 0.462 e. The third kappa shape index (κ3) is 5.38. The molecule has 0 aromatic heterocycles. The molecule has 0 heterocycles. The molecular weight excluding hydrogens is 296 g/mol. The second-order valence-electron chi connectivity index (χ2n) is 5.84. The normalized spacial score (nSPS) is 11.3. The molecule has 0 unspecified atom stereocenters. The zero-order chi connectivity index (χ0) is 17.2. The Balaban J connectivity index is 2.23. The van der Waals surface area contributed by atoms with Gasteiger partial charge in [0.2, 0.25) is 0 Å². The van der Waals surface area contributed by atoms with Crippen LogP contribution in [0.4, 0.5) is 0 Å². The molecular formula is C22H26O2. The fourth-order valence-corrected chi connectivity index (χ4v) is 2.65. The smallest absolute Gasteiger partial charge is 0.338 e. The third-order valence-corrected chi connectivity index (χ3v) is 3.96. The summed E-state index contributed by atoms with van der Waals surface area (Å²) in [7, 11) is 0. The van der Waals surface area contributed by atoms with Gasteiger partial charge in [-0.1, -0.05) is 68.3 Å². The van der Waals surface area contributed by atoms with E-state index in [9.17, 15) is 4.79 Å². The van der Waals surface area contributed by atoms with Crippen LogP contribution in [0.15, 0.2) is 54.6 Å². The van der Waals surface area contributed by atoms with Gasteiger partial charge in [-0.2, -0.15) is 0 Å². The number of carbonyl (C=O) groups excluding carboxylic acids is 1. The van der Waals surface area contributed by atoms with E-state index in [-0.39, 0.29) is 5.97 Å². The van der Waals surface area contributed by atoms with Crippen molar-refractivity contribution in [1.82, 2.24) is 0 Å². The molecule has 0 N–H and O–H groups in total. The lowest BCUT2D eigenvalue weighted by Crippen LogP contribution is -2.04. The first-order valence-electron chi connectivity index (χ1n) is 8.77. The van der Waals surface area contributed by atoms with Crippen molar-refractivity contribution in [3.63, 3.8) is 0 Å². The molecule has 2 aromatic carbocycles. The minimum atomic E-state index is -0.261. The second-order valence-corrected chi connectivity index (χ2v) is 5.84. The fraction of sp³-hybridized carbons (Fsp3) is 0.318. The summed E-state index contributed by atoms with van der Waals surface area (Å²) in [5.41, 5.74) is 4.29. The first kappa shape index (κ1) is 18.0. The van der Waals surface area contributed by atoms with E-state index in [0.717, 1.165) is 6.42 Å². The molecule has 126 valence electrons. The van der Waals surface area contributed by atoms with Crippen molar-refractivity contribution in [3.8, 4) is 0 Å². The number of benzene rings is 2. The Morgan fingerprint density at radius 1 is 0.917 bits per heavy atom. The quantitative estimate of drug-likeness (QED) is 0.339. The summed E-state index contributed by atoms with van der Waals surface area (Å²) in [5, 5.41) is 0. The standard InChI is InChI=1S/C22H26O2/c1-3-5-7-12-21(17-18-10-8-6-9-11-18)19-13-15-20(16-14-19)22(23)24-4-2/h6,8-11,13-17H,3-5,7,12H2,1-2H3/b21-17-. The molecule has 0 saturated heterocycles. The van der Waals surface area contributed by atoms with E-state index in [0.29, 0.717) is 12.2 Å². The summed E-state index contributed by atoms with van der Waals surface area (Å²) in [6.45, 7) is 4.44. The summed E-state index contributed by atoms with van der Waals surface area (Å²) < 4.78 is 5.05. The summed E-state index contributed by atoms with van der Waals surface area (Å²) in [4.78, 5) is 11.8. The number of carbonyl (C=O) groups is 1. The average Bonchev–Trinajstić information content (AvgIpc) is 2.62. The van der Waals surface area contributed by atoms with Crippen molar-refractivity contribution in [1.29, 1.82) is 0 Å². The van der Waals surface area contributed by atoms with Crippen LogP contribution in [-0.4, -0.2) is 12.6 Å². The number of esters is 1. The maximum absolute atomic E-state index is 11.8. The number of allylic oxidation sites excluding steroid dienone is 1. The average molecular weight is 322 g/mol. The molecule has 2 rings (SSSR count). The Morgan fingerprint density at radius 2 is 1.58 bits per heavy atom. The molecule has 0 aliphatic heterocycles. The fourth-order valence-electron chi connectivity index (χ4n) is 2.65. The number of rotatable bonds is 8. The van der Waals surface area contributed by atoms with Crippen molar-refractivity contribution in [2.75, 3.05) is 6.61 Å². The summed E-state index contributed by atoms with van der Waals surface area (Å²) in [6.07, 6.45) is 6.90. The predicted molar refractivity (Wildman–Crippen MR) is 101 cm³/mol. The Bertz CT molecular complexity index is 654. The van der Waals surface area contributed by atoms with E-state index in [2.05, 4.69) is 37.3 Å². The van der Waals surface area contributed by atoms with Crippen LogP contribution in [-0.2, 0) is 4.74 Å². The van der Waals surface area contributed by atoms with Gasteiger partial charge in [0.15, 0.2) is 0 Å². The van der Waals surface area contributed by atoms with Gasteiger partial charge >= 0.3 is 5.97 Å². The zero-order valence-electron chi connectivity index (χ0n) is 14.6. The van der Waals surface area contributed by atoms with Crippen LogP contribution in [0.3, 0.4) is 0 Å². The molecule has 0 fully saturated rings. The maximum Gasteiger partial charge on any atom is 0.338 e. The number of hydrogen-bond acceptors (Lipinski definition) is 2. The van der Waals surface area contributed by atoms with Gasteiger partial charge in [-0.05, 0) is 48.6 Å². The van der Waals surface area contributed by atoms with Crippen molar-refractivity contribution < 1.29 is 9.53 Å². The van der Waals surface area contributed by atoms with Crippen LogP contribution in [0.1, 0.15) is 61.0 Å². The number of hydrogen-bond donors (Lipinski definition) is 0. The van der Waals surface area contributed by atoms with Crippen molar-refractivity contribution in [3.05, 3.63) is 71.3 Å². The van der Waals surface area contributed by atoms with Gasteiger partial charge in [0, 0.05) is 0 Å². The monoisotopic (exact) mass is 322 g/mol. The molecule has 24 heavy (non-hydrogen) atoms. The van der Waals surface area contributed by atoms with Crippen LogP contribution in [0.2, 0.25) is 0 Å². The molecule has 0 aliphatic rings. The molecule has 2 heteroatoms. The van der Waals surface area contributed by atoms with E-state index in [1.165, 1.54) is 36.0 Å². The third-order valence-electron chi connectivity index (χ3n) is 3.96. The van der Waals surface area contributed by atoms with Crippen molar-refractivity contribution in [2.24, 2.45) is 0 Å².